The van der Waals surface area contributed by atoms with Crippen LogP contribution in [-0.4, -0.2) is 25.1 Å². The van der Waals surface area contributed by atoms with Crippen LogP contribution >= 0.6 is 0 Å². The zero-order valence-corrected chi connectivity index (χ0v) is 9.02. The first kappa shape index (κ1) is 11.1. The minimum Gasteiger partial charge on any atom is -0.426 e. The standard InChI is InChI=1S/C12H9NO4/c1-13-9-11(16)10(15)7-4-2-3-5-8(7)12(9)17-6-14/h2-6,13H,1H3. The fourth-order valence-corrected chi connectivity index (χ4v) is 1.75. The second-order valence-corrected chi connectivity index (χ2v) is 3.37. The summed E-state index contributed by atoms with van der Waals surface area (Å²) in [5, 5.41) is 2.59. The first-order valence-electron chi connectivity index (χ1n) is 4.91. The lowest BCUT2D eigenvalue weighted by atomic mass is 9.91. The van der Waals surface area contributed by atoms with Crippen LogP contribution in [0.1, 0.15) is 15.9 Å². The van der Waals surface area contributed by atoms with Crippen LogP contribution in [0.15, 0.2) is 30.0 Å². The highest BCUT2D eigenvalue weighted by atomic mass is 16.5. The van der Waals surface area contributed by atoms with E-state index in [1.165, 1.54) is 13.1 Å². The van der Waals surface area contributed by atoms with Gasteiger partial charge in [-0.3, -0.25) is 14.4 Å². The molecule has 1 aliphatic rings. The van der Waals surface area contributed by atoms with Crippen molar-refractivity contribution in [2.75, 3.05) is 7.05 Å². The van der Waals surface area contributed by atoms with Gasteiger partial charge in [-0.2, -0.15) is 0 Å². The van der Waals surface area contributed by atoms with Gasteiger partial charge in [0.25, 0.3) is 12.3 Å². The summed E-state index contributed by atoms with van der Waals surface area (Å²) in [4.78, 5) is 34.0. The number of benzene rings is 1. The smallest absolute Gasteiger partial charge is 0.298 e. The fourth-order valence-electron chi connectivity index (χ4n) is 1.75. The van der Waals surface area contributed by atoms with Gasteiger partial charge in [0.05, 0.1) is 0 Å². The number of carbonyl (C=O) groups is 3. The molecule has 0 aliphatic heterocycles. The monoisotopic (exact) mass is 231 g/mol. The van der Waals surface area contributed by atoms with E-state index in [-0.39, 0.29) is 23.5 Å². The number of ether oxygens (including phenoxy) is 1. The number of allylic oxidation sites excluding steroid dienone is 1. The molecular weight excluding hydrogens is 222 g/mol. The van der Waals surface area contributed by atoms with Crippen molar-refractivity contribution in [1.29, 1.82) is 0 Å². The van der Waals surface area contributed by atoms with E-state index in [2.05, 4.69) is 5.32 Å². The first-order valence-corrected chi connectivity index (χ1v) is 4.91. The first-order chi connectivity index (χ1) is 8.20. The lowest BCUT2D eigenvalue weighted by Crippen LogP contribution is -2.30. The van der Waals surface area contributed by atoms with Crippen LogP contribution in [-0.2, 0) is 14.3 Å². The average Bonchev–Trinajstić information content (AvgIpc) is 2.36. The van der Waals surface area contributed by atoms with Crippen molar-refractivity contribution in [2.45, 2.75) is 0 Å². The number of carbonyl (C=O) groups excluding carboxylic acids is 3. The highest BCUT2D eigenvalue weighted by Gasteiger charge is 2.33. The summed E-state index contributed by atoms with van der Waals surface area (Å²) in [5.74, 6) is -1.23. The van der Waals surface area contributed by atoms with E-state index in [1.807, 2.05) is 0 Å². The molecule has 86 valence electrons. The minimum atomic E-state index is -0.706. The van der Waals surface area contributed by atoms with Gasteiger partial charge >= 0.3 is 0 Å². The SMILES string of the molecule is CNC1=C(OC=O)c2ccccc2C(=O)C1=O. The van der Waals surface area contributed by atoms with E-state index in [1.54, 1.807) is 18.2 Å². The van der Waals surface area contributed by atoms with E-state index >= 15 is 0 Å². The predicted molar refractivity (Wildman–Crippen MR) is 58.9 cm³/mol. The summed E-state index contributed by atoms with van der Waals surface area (Å²) in [6, 6.07) is 6.49. The summed E-state index contributed by atoms with van der Waals surface area (Å²) in [5.41, 5.74) is 0.683. The van der Waals surface area contributed by atoms with Crippen LogP contribution < -0.4 is 5.32 Å². The van der Waals surface area contributed by atoms with Crippen LogP contribution in [0.2, 0.25) is 0 Å². The predicted octanol–water partition coefficient (Wildman–Crippen LogP) is 0.513. The van der Waals surface area contributed by atoms with Gasteiger partial charge in [0.15, 0.2) is 5.76 Å². The lowest BCUT2D eigenvalue weighted by Gasteiger charge is -2.18. The molecule has 0 bridgehead atoms. The van der Waals surface area contributed by atoms with Gasteiger partial charge in [-0.15, -0.1) is 0 Å². The number of Topliss-reactive ketones (excluding diaryl/α,β-unsaturated/α-hetero) is 2. The van der Waals surface area contributed by atoms with Crippen molar-refractivity contribution in [3.63, 3.8) is 0 Å². The van der Waals surface area contributed by atoms with Gasteiger partial charge < -0.3 is 10.1 Å². The summed E-state index contributed by atoms with van der Waals surface area (Å²) in [6.07, 6.45) is 0. The molecule has 17 heavy (non-hydrogen) atoms. The Morgan fingerprint density at radius 1 is 1.12 bits per heavy atom. The number of ketones is 2. The van der Waals surface area contributed by atoms with Gasteiger partial charge in [-0.1, -0.05) is 24.3 Å². The molecule has 0 saturated carbocycles. The molecule has 0 heterocycles. The van der Waals surface area contributed by atoms with Crippen molar-refractivity contribution >= 4 is 23.8 Å². The van der Waals surface area contributed by atoms with Crippen LogP contribution in [0.3, 0.4) is 0 Å². The Balaban J connectivity index is 2.71. The maximum absolute atomic E-state index is 11.8. The molecule has 0 aromatic heterocycles. The van der Waals surface area contributed by atoms with Crippen LogP contribution in [0.25, 0.3) is 5.76 Å². The fraction of sp³-hybridized carbons (Fsp3) is 0.0833. The Hall–Kier alpha value is -2.43. The molecule has 1 aromatic rings. The molecule has 0 spiro atoms. The Morgan fingerprint density at radius 3 is 2.35 bits per heavy atom. The Morgan fingerprint density at radius 2 is 1.76 bits per heavy atom. The van der Waals surface area contributed by atoms with E-state index in [0.29, 0.717) is 5.56 Å². The highest BCUT2D eigenvalue weighted by Crippen LogP contribution is 2.28. The molecule has 0 unspecified atom stereocenters. The number of rotatable bonds is 3. The van der Waals surface area contributed by atoms with Crippen LogP contribution in [0.4, 0.5) is 0 Å². The summed E-state index contributed by atoms with van der Waals surface area (Å²) in [7, 11) is 1.49. The third-order valence-electron chi connectivity index (χ3n) is 2.49. The van der Waals surface area contributed by atoms with Crippen LogP contribution in [0.5, 0.6) is 0 Å². The topological polar surface area (TPSA) is 72.5 Å². The molecule has 1 aliphatic carbocycles. The lowest BCUT2D eigenvalue weighted by molar-refractivity contribution is -0.122. The number of hydrogen-bond acceptors (Lipinski definition) is 5. The van der Waals surface area contributed by atoms with E-state index in [0.717, 1.165) is 0 Å². The number of nitrogens with one attached hydrogen (secondary N) is 1. The maximum Gasteiger partial charge on any atom is 0.298 e. The van der Waals surface area contributed by atoms with E-state index in [4.69, 9.17) is 4.74 Å². The average molecular weight is 231 g/mol. The zero-order chi connectivity index (χ0) is 12.4. The largest absolute Gasteiger partial charge is 0.426 e. The Kier molecular flexibility index (Phi) is 2.74. The number of hydrogen-bond donors (Lipinski definition) is 1. The minimum absolute atomic E-state index is 0.000741. The summed E-state index contributed by atoms with van der Waals surface area (Å²) >= 11 is 0. The van der Waals surface area contributed by atoms with Gasteiger partial charge in [0, 0.05) is 18.2 Å². The Labute approximate surface area is 97.1 Å². The molecule has 1 N–H and O–H groups in total. The number of fused-ring (bicyclic) bond motifs is 1. The second-order valence-electron chi connectivity index (χ2n) is 3.37. The van der Waals surface area contributed by atoms with Gasteiger partial charge in [0.2, 0.25) is 5.78 Å². The summed E-state index contributed by atoms with van der Waals surface area (Å²) in [6.45, 7) is 0.229. The maximum atomic E-state index is 11.8. The van der Waals surface area contributed by atoms with Crippen molar-refractivity contribution in [3.05, 3.63) is 41.1 Å². The molecule has 0 saturated heterocycles. The molecule has 0 amide bonds. The molecule has 5 heteroatoms. The third kappa shape index (κ3) is 1.61. The molecule has 2 rings (SSSR count). The molecule has 0 fully saturated rings. The van der Waals surface area contributed by atoms with E-state index in [9.17, 15) is 14.4 Å². The van der Waals surface area contributed by atoms with Gasteiger partial charge in [-0.05, 0) is 0 Å². The zero-order valence-electron chi connectivity index (χ0n) is 9.02. The van der Waals surface area contributed by atoms with Crippen molar-refractivity contribution in [1.82, 2.24) is 5.32 Å². The van der Waals surface area contributed by atoms with Gasteiger partial charge in [0.1, 0.15) is 5.70 Å². The third-order valence-corrected chi connectivity index (χ3v) is 2.49. The Bertz CT molecular complexity index is 545. The number of likely N-dealkylation sites (N-methyl/N-ethyl adjacent to an activating group) is 1. The van der Waals surface area contributed by atoms with Crippen LogP contribution in [0, 0.1) is 0 Å². The van der Waals surface area contributed by atoms with Crippen molar-refractivity contribution in [2.24, 2.45) is 0 Å². The van der Waals surface area contributed by atoms with Crippen molar-refractivity contribution < 1.29 is 19.1 Å². The summed E-state index contributed by atoms with van der Waals surface area (Å²) < 4.78 is 4.80. The normalized spacial score (nSPS) is 14.4. The molecule has 0 radical (unpaired) electrons. The second kappa shape index (κ2) is 4.21. The quantitative estimate of drug-likeness (QED) is 0.606. The molecular formula is C12H9NO4. The molecule has 5 nitrogen and oxygen atoms in total. The van der Waals surface area contributed by atoms with E-state index < -0.39 is 11.6 Å². The van der Waals surface area contributed by atoms with Gasteiger partial charge in [-0.25, -0.2) is 0 Å². The molecule has 1 aromatic carbocycles. The van der Waals surface area contributed by atoms with Crippen molar-refractivity contribution in [3.8, 4) is 0 Å². The highest BCUT2D eigenvalue weighted by molar-refractivity contribution is 6.52. The molecule has 0 atom stereocenters.